The monoisotopic (exact) mass is 266 g/mol. The Balaban J connectivity index is 2.22. The van der Waals surface area contributed by atoms with Crippen LogP contribution in [-0.4, -0.2) is 23.6 Å². The lowest BCUT2D eigenvalue weighted by atomic mass is 10.2. The van der Waals surface area contributed by atoms with Crippen LogP contribution in [0.1, 0.15) is 17.0 Å². The van der Waals surface area contributed by atoms with E-state index in [1.807, 2.05) is 13.0 Å². The number of aryl methyl sites for hydroxylation is 2. The van der Waals surface area contributed by atoms with Gasteiger partial charge in [-0.2, -0.15) is 5.10 Å². The van der Waals surface area contributed by atoms with Crippen LogP contribution in [0.15, 0.2) is 29.4 Å². The molecule has 0 aliphatic carbocycles. The van der Waals surface area contributed by atoms with Gasteiger partial charge in [0.1, 0.15) is 12.2 Å². The Morgan fingerprint density at radius 2 is 2.11 bits per heavy atom. The molecule has 0 radical (unpaired) electrons. The summed E-state index contributed by atoms with van der Waals surface area (Å²) in [6.07, 6.45) is 1.33. The van der Waals surface area contributed by atoms with E-state index < -0.39 is 10.0 Å². The third kappa shape index (κ3) is 2.74. The molecule has 0 aliphatic heterocycles. The summed E-state index contributed by atoms with van der Waals surface area (Å²) in [6, 6.07) is 5.32. The van der Waals surface area contributed by atoms with E-state index in [1.54, 1.807) is 19.1 Å². The van der Waals surface area contributed by atoms with Gasteiger partial charge in [-0.1, -0.05) is 12.1 Å². The molecular formula is C11H14N4O2S. The molecule has 1 aromatic carbocycles. The average Bonchev–Trinajstić information content (AvgIpc) is 2.83. The van der Waals surface area contributed by atoms with Crippen molar-refractivity contribution >= 4 is 10.0 Å². The zero-order valence-corrected chi connectivity index (χ0v) is 11.0. The molecule has 0 amide bonds. The molecule has 0 aliphatic rings. The Kier molecular flexibility index (Phi) is 3.44. The van der Waals surface area contributed by atoms with Crippen molar-refractivity contribution in [3.05, 3.63) is 41.5 Å². The highest BCUT2D eigenvalue weighted by molar-refractivity contribution is 7.89. The Morgan fingerprint density at radius 3 is 2.78 bits per heavy atom. The van der Waals surface area contributed by atoms with Crippen LogP contribution in [0.4, 0.5) is 0 Å². The van der Waals surface area contributed by atoms with Gasteiger partial charge in [-0.25, -0.2) is 18.1 Å². The lowest BCUT2D eigenvalue weighted by Gasteiger charge is -2.09. The summed E-state index contributed by atoms with van der Waals surface area (Å²) in [5, 5.41) is 6.26. The number of aromatic amines is 1. The topological polar surface area (TPSA) is 87.7 Å². The molecule has 2 aromatic rings. The molecule has 96 valence electrons. The van der Waals surface area contributed by atoms with Crippen molar-refractivity contribution in [2.24, 2.45) is 0 Å². The fraction of sp³-hybridized carbons (Fsp3) is 0.273. The molecule has 1 aromatic heterocycles. The Hall–Kier alpha value is -1.73. The maximum Gasteiger partial charge on any atom is 0.241 e. The van der Waals surface area contributed by atoms with Crippen LogP contribution < -0.4 is 4.72 Å². The average molecular weight is 266 g/mol. The highest BCUT2D eigenvalue weighted by Gasteiger charge is 2.16. The predicted octanol–water partition coefficient (Wildman–Crippen LogP) is 0.900. The van der Waals surface area contributed by atoms with Gasteiger partial charge in [-0.3, -0.25) is 5.10 Å². The summed E-state index contributed by atoms with van der Waals surface area (Å²) in [5.74, 6) is 0.476. The third-order valence-corrected chi connectivity index (χ3v) is 4.07. The summed E-state index contributed by atoms with van der Waals surface area (Å²) in [4.78, 5) is 4.15. The van der Waals surface area contributed by atoms with Crippen molar-refractivity contribution in [2.45, 2.75) is 25.3 Å². The molecule has 0 saturated carbocycles. The van der Waals surface area contributed by atoms with E-state index >= 15 is 0 Å². The summed E-state index contributed by atoms with van der Waals surface area (Å²) < 4.78 is 26.7. The lowest BCUT2D eigenvalue weighted by Crippen LogP contribution is -2.24. The number of sulfonamides is 1. The number of nitrogens with zero attached hydrogens (tertiary/aromatic N) is 2. The maximum absolute atomic E-state index is 12.1. The number of rotatable bonds is 4. The molecule has 7 heteroatoms. The van der Waals surface area contributed by atoms with Gasteiger partial charge in [0.05, 0.1) is 11.4 Å². The second kappa shape index (κ2) is 4.87. The Morgan fingerprint density at radius 1 is 1.33 bits per heavy atom. The van der Waals surface area contributed by atoms with E-state index in [1.165, 1.54) is 6.33 Å². The van der Waals surface area contributed by atoms with Crippen LogP contribution >= 0.6 is 0 Å². The number of aromatic nitrogens is 3. The van der Waals surface area contributed by atoms with E-state index in [9.17, 15) is 8.42 Å². The van der Waals surface area contributed by atoms with Gasteiger partial charge in [-0.15, -0.1) is 0 Å². The van der Waals surface area contributed by atoms with Crippen LogP contribution in [0.5, 0.6) is 0 Å². The molecule has 0 unspecified atom stereocenters. The maximum atomic E-state index is 12.1. The minimum Gasteiger partial charge on any atom is -0.262 e. The van der Waals surface area contributed by atoms with Gasteiger partial charge < -0.3 is 0 Å². The highest BCUT2D eigenvalue weighted by Crippen LogP contribution is 2.16. The largest absolute Gasteiger partial charge is 0.262 e. The van der Waals surface area contributed by atoms with Crippen LogP contribution in [0, 0.1) is 13.8 Å². The molecule has 0 atom stereocenters. The van der Waals surface area contributed by atoms with Crippen molar-refractivity contribution in [1.82, 2.24) is 19.9 Å². The normalized spacial score (nSPS) is 11.7. The molecule has 6 nitrogen and oxygen atoms in total. The van der Waals surface area contributed by atoms with Crippen molar-refractivity contribution in [2.75, 3.05) is 0 Å². The summed E-state index contributed by atoms with van der Waals surface area (Å²) in [7, 11) is -3.53. The first-order chi connectivity index (χ1) is 8.49. The van der Waals surface area contributed by atoms with E-state index in [0.717, 1.165) is 5.56 Å². The smallest absolute Gasteiger partial charge is 0.241 e. The first kappa shape index (κ1) is 12.7. The fourth-order valence-electron chi connectivity index (χ4n) is 1.55. The van der Waals surface area contributed by atoms with E-state index in [0.29, 0.717) is 16.3 Å². The van der Waals surface area contributed by atoms with Gasteiger partial charge in [0.2, 0.25) is 10.0 Å². The van der Waals surface area contributed by atoms with Crippen LogP contribution in [0.2, 0.25) is 0 Å². The number of hydrogen-bond donors (Lipinski definition) is 2. The summed E-state index contributed by atoms with van der Waals surface area (Å²) >= 11 is 0. The van der Waals surface area contributed by atoms with Gasteiger partial charge >= 0.3 is 0 Å². The highest BCUT2D eigenvalue weighted by atomic mass is 32.2. The van der Waals surface area contributed by atoms with E-state index in [-0.39, 0.29) is 6.54 Å². The predicted molar refractivity (Wildman–Crippen MR) is 66.3 cm³/mol. The second-order valence-corrected chi connectivity index (χ2v) is 5.76. The third-order valence-electron chi connectivity index (χ3n) is 2.53. The fourth-order valence-corrected chi connectivity index (χ4v) is 2.87. The van der Waals surface area contributed by atoms with Gasteiger partial charge in [0.15, 0.2) is 0 Å². The van der Waals surface area contributed by atoms with E-state index in [2.05, 4.69) is 19.9 Å². The summed E-state index contributed by atoms with van der Waals surface area (Å²) in [5.41, 5.74) is 1.62. The van der Waals surface area contributed by atoms with Crippen molar-refractivity contribution < 1.29 is 8.42 Å². The standard InChI is InChI=1S/C11H14N4O2S/c1-8-3-4-9(2)10(5-8)18(16,17)14-6-11-12-7-13-15-11/h3-5,7,14H,6H2,1-2H3,(H,12,13,15). The molecule has 2 N–H and O–H groups in total. The number of nitrogens with one attached hydrogen (secondary N) is 2. The minimum atomic E-state index is -3.53. The molecule has 2 rings (SSSR count). The Labute approximate surface area is 106 Å². The first-order valence-electron chi connectivity index (χ1n) is 5.40. The van der Waals surface area contributed by atoms with Crippen molar-refractivity contribution in [3.63, 3.8) is 0 Å². The molecule has 0 saturated heterocycles. The molecular weight excluding hydrogens is 252 g/mol. The molecule has 1 heterocycles. The number of hydrogen-bond acceptors (Lipinski definition) is 4. The van der Waals surface area contributed by atoms with Crippen LogP contribution in [0.3, 0.4) is 0 Å². The minimum absolute atomic E-state index is 0.0930. The van der Waals surface area contributed by atoms with Crippen molar-refractivity contribution in [1.29, 1.82) is 0 Å². The van der Waals surface area contributed by atoms with Crippen LogP contribution in [-0.2, 0) is 16.6 Å². The molecule has 0 bridgehead atoms. The quantitative estimate of drug-likeness (QED) is 0.860. The molecule has 18 heavy (non-hydrogen) atoms. The van der Waals surface area contributed by atoms with E-state index in [4.69, 9.17) is 0 Å². The lowest BCUT2D eigenvalue weighted by molar-refractivity contribution is 0.578. The first-order valence-corrected chi connectivity index (χ1v) is 6.88. The van der Waals surface area contributed by atoms with Gasteiger partial charge in [0.25, 0.3) is 0 Å². The molecule has 0 spiro atoms. The zero-order chi connectivity index (χ0) is 13.2. The second-order valence-electron chi connectivity index (χ2n) is 4.03. The SMILES string of the molecule is Cc1ccc(C)c(S(=O)(=O)NCc2ncn[nH]2)c1. The Bertz CT molecular complexity index is 635. The zero-order valence-electron chi connectivity index (χ0n) is 10.1. The van der Waals surface area contributed by atoms with Gasteiger partial charge in [0, 0.05) is 0 Å². The van der Waals surface area contributed by atoms with Crippen molar-refractivity contribution in [3.8, 4) is 0 Å². The van der Waals surface area contributed by atoms with Crippen LogP contribution in [0.25, 0.3) is 0 Å². The van der Waals surface area contributed by atoms with Gasteiger partial charge in [-0.05, 0) is 31.0 Å². The summed E-state index contributed by atoms with van der Waals surface area (Å²) in [6.45, 7) is 3.72. The molecule has 0 fully saturated rings. The number of benzene rings is 1. The number of H-pyrrole nitrogens is 1.